The number of aliphatic carboxylic acids is 2. The fourth-order valence-electron chi connectivity index (χ4n) is 2.60. The Hall–Kier alpha value is -3.17. The van der Waals surface area contributed by atoms with Gasteiger partial charge < -0.3 is 20.3 Å². The van der Waals surface area contributed by atoms with Gasteiger partial charge in [-0.2, -0.15) is 0 Å². The Morgan fingerprint density at radius 3 is 2.52 bits per heavy atom. The summed E-state index contributed by atoms with van der Waals surface area (Å²) in [6, 6.07) is 7.71. The SMILES string of the molecule is Fc1cccc(-c2ncccc2CO[C@H]2CCNC2)c1F.O=C(O)C=CC(=O)O. The van der Waals surface area contributed by atoms with E-state index < -0.39 is 23.6 Å². The van der Waals surface area contributed by atoms with Crippen molar-refractivity contribution in [2.75, 3.05) is 13.1 Å². The van der Waals surface area contributed by atoms with Gasteiger partial charge in [-0.05, 0) is 31.2 Å². The summed E-state index contributed by atoms with van der Waals surface area (Å²) < 4.78 is 33.1. The number of carbonyl (C=O) groups is 2. The summed E-state index contributed by atoms with van der Waals surface area (Å²) in [5.41, 5.74) is 1.35. The number of carboxylic acids is 2. The van der Waals surface area contributed by atoms with Crippen molar-refractivity contribution >= 4 is 11.9 Å². The Morgan fingerprint density at radius 1 is 1.17 bits per heavy atom. The van der Waals surface area contributed by atoms with E-state index in [9.17, 15) is 18.4 Å². The molecule has 7 nitrogen and oxygen atoms in total. The largest absolute Gasteiger partial charge is 0.478 e. The maximum Gasteiger partial charge on any atom is 0.328 e. The highest BCUT2D eigenvalue weighted by Gasteiger charge is 2.18. The molecule has 1 fully saturated rings. The van der Waals surface area contributed by atoms with Crippen LogP contribution in [-0.4, -0.2) is 46.3 Å². The molecule has 0 amide bonds. The van der Waals surface area contributed by atoms with Crippen LogP contribution in [0.2, 0.25) is 0 Å². The minimum atomic E-state index is -1.26. The Kier molecular flexibility index (Phi) is 8.38. The second-order valence-corrected chi connectivity index (χ2v) is 6.05. The van der Waals surface area contributed by atoms with Crippen molar-refractivity contribution in [3.63, 3.8) is 0 Å². The molecule has 0 saturated carbocycles. The third-order valence-corrected chi connectivity index (χ3v) is 3.96. The van der Waals surface area contributed by atoms with Gasteiger partial charge in [0.15, 0.2) is 11.6 Å². The second kappa shape index (κ2) is 11.0. The topological polar surface area (TPSA) is 109 Å². The zero-order valence-electron chi connectivity index (χ0n) is 15.3. The van der Waals surface area contributed by atoms with Crippen molar-refractivity contribution in [2.24, 2.45) is 0 Å². The van der Waals surface area contributed by atoms with Gasteiger partial charge in [0, 0.05) is 36.0 Å². The summed E-state index contributed by atoms with van der Waals surface area (Å²) in [4.78, 5) is 23.3. The molecule has 1 atom stereocenters. The van der Waals surface area contributed by atoms with Crippen LogP contribution in [0.25, 0.3) is 11.3 Å². The van der Waals surface area contributed by atoms with Crippen molar-refractivity contribution < 1.29 is 33.3 Å². The van der Waals surface area contributed by atoms with E-state index in [-0.39, 0.29) is 11.7 Å². The molecule has 0 radical (unpaired) electrons. The molecule has 0 unspecified atom stereocenters. The highest BCUT2D eigenvalue weighted by Crippen LogP contribution is 2.26. The number of aromatic nitrogens is 1. The molecule has 1 aliphatic rings. The minimum absolute atomic E-state index is 0.162. The molecule has 1 aromatic carbocycles. The monoisotopic (exact) mass is 406 g/mol. The van der Waals surface area contributed by atoms with E-state index in [1.165, 1.54) is 12.1 Å². The Bertz CT molecular complexity index is 867. The summed E-state index contributed by atoms with van der Waals surface area (Å²) in [5.74, 6) is -4.26. The number of rotatable bonds is 6. The molecule has 0 spiro atoms. The van der Waals surface area contributed by atoms with E-state index >= 15 is 0 Å². The van der Waals surface area contributed by atoms with E-state index in [0.29, 0.717) is 24.5 Å². The predicted molar refractivity (Wildman–Crippen MR) is 100 cm³/mol. The van der Waals surface area contributed by atoms with Crippen LogP contribution in [-0.2, 0) is 20.9 Å². The zero-order valence-corrected chi connectivity index (χ0v) is 15.3. The Balaban J connectivity index is 0.000000321. The van der Waals surface area contributed by atoms with Crippen molar-refractivity contribution in [3.8, 4) is 11.3 Å². The molecule has 29 heavy (non-hydrogen) atoms. The Labute approximate surface area is 165 Å². The first-order chi connectivity index (χ1) is 13.9. The van der Waals surface area contributed by atoms with Crippen LogP contribution in [0.15, 0.2) is 48.7 Å². The van der Waals surface area contributed by atoms with Crippen LogP contribution >= 0.6 is 0 Å². The summed E-state index contributed by atoms with van der Waals surface area (Å²) >= 11 is 0. The first-order valence-corrected chi connectivity index (χ1v) is 8.73. The highest BCUT2D eigenvalue weighted by atomic mass is 19.2. The molecule has 9 heteroatoms. The quantitative estimate of drug-likeness (QED) is 0.633. The van der Waals surface area contributed by atoms with E-state index in [0.717, 1.165) is 31.1 Å². The van der Waals surface area contributed by atoms with E-state index in [1.54, 1.807) is 12.3 Å². The number of ether oxygens (including phenoxy) is 1. The fourth-order valence-corrected chi connectivity index (χ4v) is 2.60. The van der Waals surface area contributed by atoms with Gasteiger partial charge in [0.25, 0.3) is 0 Å². The van der Waals surface area contributed by atoms with Crippen LogP contribution in [0.5, 0.6) is 0 Å². The molecule has 1 aliphatic heterocycles. The van der Waals surface area contributed by atoms with Gasteiger partial charge in [-0.1, -0.05) is 12.1 Å². The Morgan fingerprint density at radius 2 is 1.90 bits per heavy atom. The fraction of sp³-hybridized carbons (Fsp3) is 0.250. The number of hydrogen-bond acceptors (Lipinski definition) is 5. The van der Waals surface area contributed by atoms with Gasteiger partial charge in [-0.15, -0.1) is 0 Å². The van der Waals surface area contributed by atoms with Crippen LogP contribution in [0, 0.1) is 11.6 Å². The van der Waals surface area contributed by atoms with Crippen molar-refractivity contribution in [2.45, 2.75) is 19.1 Å². The summed E-state index contributed by atoms with van der Waals surface area (Å²) in [5, 5.41) is 18.8. The number of nitrogens with zero attached hydrogens (tertiary/aromatic N) is 1. The average Bonchev–Trinajstić information content (AvgIpc) is 3.21. The molecule has 2 aromatic rings. The highest BCUT2D eigenvalue weighted by molar-refractivity contribution is 5.89. The standard InChI is InChI=1S/C16H16F2N2O.C4H4O4/c17-14-5-1-4-13(15(14)18)16-11(3-2-7-20-16)10-21-12-6-8-19-9-12;5-3(6)1-2-4(7)8/h1-5,7,12,19H,6,8-10H2;1-2H,(H,5,6)(H,7,8)/t12-;/m0./s1. The maximum absolute atomic E-state index is 13.9. The number of carboxylic acid groups (broad SMARTS) is 2. The average molecular weight is 406 g/mol. The molecule has 154 valence electrons. The van der Waals surface area contributed by atoms with E-state index in [1.807, 2.05) is 6.07 Å². The van der Waals surface area contributed by atoms with Crippen molar-refractivity contribution in [1.82, 2.24) is 10.3 Å². The predicted octanol–water partition coefficient (Wildman–Crippen LogP) is 2.62. The van der Waals surface area contributed by atoms with Crippen molar-refractivity contribution in [3.05, 3.63) is 65.9 Å². The third-order valence-electron chi connectivity index (χ3n) is 3.96. The number of nitrogens with one attached hydrogen (secondary N) is 1. The van der Waals surface area contributed by atoms with Gasteiger partial charge in [-0.25, -0.2) is 18.4 Å². The molecule has 3 N–H and O–H groups in total. The van der Waals surface area contributed by atoms with Crippen LogP contribution < -0.4 is 5.32 Å². The lowest BCUT2D eigenvalue weighted by Gasteiger charge is -2.13. The smallest absolute Gasteiger partial charge is 0.328 e. The number of pyridine rings is 1. The lowest BCUT2D eigenvalue weighted by atomic mass is 10.1. The van der Waals surface area contributed by atoms with Crippen LogP contribution in [0.4, 0.5) is 8.78 Å². The van der Waals surface area contributed by atoms with Gasteiger partial charge >= 0.3 is 11.9 Å². The third kappa shape index (κ3) is 7.05. The molecule has 2 heterocycles. The molecule has 1 saturated heterocycles. The first kappa shape index (κ1) is 22.1. The van der Waals surface area contributed by atoms with E-state index in [2.05, 4.69) is 10.3 Å². The summed E-state index contributed by atoms with van der Waals surface area (Å²) in [6.07, 6.45) is 3.81. The molecule has 3 rings (SSSR count). The van der Waals surface area contributed by atoms with Gasteiger partial charge in [-0.3, -0.25) is 4.98 Å². The van der Waals surface area contributed by atoms with E-state index in [4.69, 9.17) is 14.9 Å². The number of benzene rings is 1. The lowest BCUT2D eigenvalue weighted by molar-refractivity contribution is -0.134. The van der Waals surface area contributed by atoms with Crippen LogP contribution in [0.1, 0.15) is 12.0 Å². The zero-order chi connectivity index (χ0) is 21.2. The normalized spacial score (nSPS) is 15.7. The lowest BCUT2D eigenvalue weighted by Crippen LogP contribution is -2.16. The van der Waals surface area contributed by atoms with Gasteiger partial charge in [0.1, 0.15) is 0 Å². The molecular weight excluding hydrogens is 386 g/mol. The number of halogens is 2. The van der Waals surface area contributed by atoms with Gasteiger partial charge in [0.2, 0.25) is 0 Å². The van der Waals surface area contributed by atoms with Gasteiger partial charge in [0.05, 0.1) is 18.4 Å². The number of hydrogen-bond donors (Lipinski definition) is 3. The molecular formula is C20H20F2N2O5. The summed E-state index contributed by atoms with van der Waals surface area (Å²) in [7, 11) is 0. The molecule has 1 aromatic heterocycles. The van der Waals surface area contributed by atoms with Crippen LogP contribution in [0.3, 0.4) is 0 Å². The van der Waals surface area contributed by atoms with Crippen molar-refractivity contribution in [1.29, 1.82) is 0 Å². The minimum Gasteiger partial charge on any atom is -0.478 e. The summed E-state index contributed by atoms with van der Waals surface area (Å²) in [6.45, 7) is 2.11. The second-order valence-electron chi connectivity index (χ2n) is 6.05. The maximum atomic E-state index is 13.9. The first-order valence-electron chi connectivity index (χ1n) is 8.73. The molecule has 0 aliphatic carbocycles. The molecule has 0 bridgehead atoms.